The van der Waals surface area contributed by atoms with E-state index in [-0.39, 0.29) is 11.9 Å². The Labute approximate surface area is 67.5 Å². The number of rotatable bonds is 0. The molecule has 0 unspecified atom stereocenters. The average Bonchev–Trinajstić information content (AvgIpc) is 1.85. The van der Waals surface area contributed by atoms with Crippen molar-refractivity contribution in [2.45, 2.75) is 26.3 Å². The van der Waals surface area contributed by atoms with Gasteiger partial charge in [-0.25, -0.2) is 0 Å². The molecular weight excluding hydrogens is 140 g/mol. The van der Waals surface area contributed by atoms with Crippen molar-refractivity contribution < 1.29 is 4.79 Å². The van der Waals surface area contributed by atoms with Crippen LogP contribution < -0.4 is 5.73 Å². The highest BCUT2D eigenvalue weighted by Gasteiger charge is 2.23. The Bertz CT molecular complexity index is 148. The standard InChI is InChI=1S/C8H16N2O/c1-6-3-8(9)5-10(4-6)7(2)11/h6,8H,3-5,9H2,1-2H3/t6-,8+/m0/s1. The number of likely N-dealkylation sites (tertiary alicyclic amines) is 1. The smallest absolute Gasteiger partial charge is 0.219 e. The number of hydrogen-bond donors (Lipinski definition) is 1. The van der Waals surface area contributed by atoms with Crippen LogP contribution in [0.15, 0.2) is 0 Å². The quantitative estimate of drug-likeness (QED) is 0.544. The Morgan fingerprint density at radius 3 is 2.64 bits per heavy atom. The van der Waals surface area contributed by atoms with Gasteiger partial charge in [-0.1, -0.05) is 6.92 Å². The molecule has 1 fully saturated rings. The van der Waals surface area contributed by atoms with Crippen LogP contribution in [-0.4, -0.2) is 29.9 Å². The van der Waals surface area contributed by atoms with Crippen molar-refractivity contribution in [2.24, 2.45) is 11.7 Å². The first-order valence-corrected chi connectivity index (χ1v) is 4.10. The lowest BCUT2D eigenvalue weighted by atomic mass is 9.97. The highest BCUT2D eigenvalue weighted by molar-refractivity contribution is 5.73. The van der Waals surface area contributed by atoms with Crippen LogP contribution in [0.4, 0.5) is 0 Å². The van der Waals surface area contributed by atoms with E-state index in [1.807, 2.05) is 4.90 Å². The van der Waals surface area contributed by atoms with E-state index in [1.54, 1.807) is 6.92 Å². The Hall–Kier alpha value is -0.570. The second kappa shape index (κ2) is 3.22. The summed E-state index contributed by atoms with van der Waals surface area (Å²) < 4.78 is 0. The summed E-state index contributed by atoms with van der Waals surface area (Å²) in [4.78, 5) is 12.8. The lowest BCUT2D eigenvalue weighted by Gasteiger charge is -2.34. The fourth-order valence-electron chi connectivity index (χ4n) is 1.66. The molecule has 1 saturated heterocycles. The molecule has 0 aliphatic carbocycles. The SMILES string of the molecule is CC(=O)N1C[C@@H](C)C[C@@H](N)C1. The van der Waals surface area contributed by atoms with Gasteiger partial charge >= 0.3 is 0 Å². The van der Waals surface area contributed by atoms with E-state index in [9.17, 15) is 4.79 Å². The zero-order valence-corrected chi connectivity index (χ0v) is 7.21. The summed E-state index contributed by atoms with van der Waals surface area (Å²) in [7, 11) is 0. The van der Waals surface area contributed by atoms with Crippen LogP contribution >= 0.6 is 0 Å². The first-order valence-electron chi connectivity index (χ1n) is 4.10. The molecule has 1 amide bonds. The maximum absolute atomic E-state index is 11.0. The molecule has 0 aromatic rings. The van der Waals surface area contributed by atoms with E-state index in [2.05, 4.69) is 6.92 Å². The second-order valence-electron chi connectivity index (χ2n) is 3.52. The molecule has 0 aromatic carbocycles. The molecule has 0 radical (unpaired) electrons. The van der Waals surface area contributed by atoms with Crippen LogP contribution in [0.3, 0.4) is 0 Å². The topological polar surface area (TPSA) is 46.3 Å². The van der Waals surface area contributed by atoms with E-state index in [0.717, 1.165) is 19.5 Å². The molecule has 1 aliphatic rings. The Morgan fingerprint density at radius 2 is 2.18 bits per heavy atom. The lowest BCUT2D eigenvalue weighted by Crippen LogP contribution is -2.48. The van der Waals surface area contributed by atoms with E-state index < -0.39 is 0 Å². The van der Waals surface area contributed by atoms with Crippen molar-refractivity contribution >= 4 is 5.91 Å². The first kappa shape index (κ1) is 8.53. The summed E-state index contributed by atoms with van der Waals surface area (Å²) >= 11 is 0. The fraction of sp³-hybridized carbons (Fsp3) is 0.875. The number of nitrogens with two attached hydrogens (primary N) is 1. The van der Waals surface area contributed by atoms with Crippen LogP contribution in [0.25, 0.3) is 0 Å². The summed E-state index contributed by atoms with van der Waals surface area (Å²) in [6.45, 7) is 5.35. The summed E-state index contributed by atoms with van der Waals surface area (Å²) in [5, 5.41) is 0. The lowest BCUT2D eigenvalue weighted by molar-refractivity contribution is -0.130. The molecule has 0 aromatic heterocycles. The fourth-order valence-corrected chi connectivity index (χ4v) is 1.66. The normalized spacial score (nSPS) is 32.1. The van der Waals surface area contributed by atoms with Crippen LogP contribution in [0.2, 0.25) is 0 Å². The predicted molar refractivity (Wildman–Crippen MR) is 44.0 cm³/mol. The maximum Gasteiger partial charge on any atom is 0.219 e. The van der Waals surface area contributed by atoms with Gasteiger partial charge in [-0.2, -0.15) is 0 Å². The van der Waals surface area contributed by atoms with Gasteiger partial charge in [-0.05, 0) is 12.3 Å². The predicted octanol–water partition coefficient (Wildman–Crippen LogP) is 0.202. The van der Waals surface area contributed by atoms with Crippen molar-refractivity contribution in [3.05, 3.63) is 0 Å². The summed E-state index contributed by atoms with van der Waals surface area (Å²) in [5.41, 5.74) is 5.76. The van der Waals surface area contributed by atoms with E-state index in [1.165, 1.54) is 0 Å². The molecule has 2 N–H and O–H groups in total. The Morgan fingerprint density at radius 1 is 1.55 bits per heavy atom. The van der Waals surface area contributed by atoms with Gasteiger partial charge in [0.15, 0.2) is 0 Å². The summed E-state index contributed by atoms with van der Waals surface area (Å²) in [6.07, 6.45) is 1.05. The average molecular weight is 156 g/mol. The van der Waals surface area contributed by atoms with Crippen molar-refractivity contribution in [3.8, 4) is 0 Å². The van der Waals surface area contributed by atoms with Crippen molar-refractivity contribution in [1.82, 2.24) is 4.90 Å². The monoisotopic (exact) mass is 156 g/mol. The minimum absolute atomic E-state index is 0.145. The van der Waals surface area contributed by atoms with Gasteiger partial charge in [-0.15, -0.1) is 0 Å². The summed E-state index contributed by atoms with van der Waals surface area (Å²) in [6, 6.07) is 0.183. The van der Waals surface area contributed by atoms with Gasteiger partial charge in [0, 0.05) is 26.1 Å². The van der Waals surface area contributed by atoms with E-state index >= 15 is 0 Å². The van der Waals surface area contributed by atoms with Gasteiger partial charge < -0.3 is 10.6 Å². The molecule has 1 aliphatic heterocycles. The van der Waals surface area contributed by atoms with Crippen molar-refractivity contribution in [1.29, 1.82) is 0 Å². The molecule has 0 saturated carbocycles. The van der Waals surface area contributed by atoms with Crippen molar-refractivity contribution in [2.75, 3.05) is 13.1 Å². The molecule has 1 heterocycles. The third-order valence-electron chi connectivity index (χ3n) is 2.14. The second-order valence-corrected chi connectivity index (χ2v) is 3.52. The van der Waals surface area contributed by atoms with Gasteiger partial charge in [0.2, 0.25) is 5.91 Å². The number of carbonyl (C=O) groups excluding carboxylic acids is 1. The molecule has 3 heteroatoms. The Balaban J connectivity index is 2.49. The number of nitrogens with zero attached hydrogens (tertiary/aromatic N) is 1. The molecule has 0 spiro atoms. The third kappa shape index (κ3) is 2.19. The largest absolute Gasteiger partial charge is 0.341 e. The molecule has 2 atom stereocenters. The van der Waals surface area contributed by atoms with Crippen LogP contribution in [0.1, 0.15) is 20.3 Å². The third-order valence-corrected chi connectivity index (χ3v) is 2.14. The minimum atomic E-state index is 0.145. The first-order chi connectivity index (χ1) is 5.09. The molecule has 1 rings (SSSR count). The number of amides is 1. The highest BCUT2D eigenvalue weighted by Crippen LogP contribution is 2.14. The van der Waals surface area contributed by atoms with Crippen LogP contribution in [0, 0.1) is 5.92 Å². The van der Waals surface area contributed by atoms with Gasteiger partial charge in [0.1, 0.15) is 0 Å². The zero-order valence-electron chi connectivity index (χ0n) is 7.21. The molecule has 64 valence electrons. The molecule has 11 heavy (non-hydrogen) atoms. The summed E-state index contributed by atoms with van der Waals surface area (Å²) in [5.74, 6) is 0.703. The number of hydrogen-bond acceptors (Lipinski definition) is 2. The molecular formula is C8H16N2O. The minimum Gasteiger partial charge on any atom is -0.341 e. The van der Waals surface area contributed by atoms with Gasteiger partial charge in [0.05, 0.1) is 0 Å². The van der Waals surface area contributed by atoms with Crippen LogP contribution in [0.5, 0.6) is 0 Å². The number of piperidine rings is 1. The van der Waals surface area contributed by atoms with Gasteiger partial charge in [-0.3, -0.25) is 4.79 Å². The molecule has 0 bridgehead atoms. The zero-order chi connectivity index (χ0) is 8.43. The maximum atomic E-state index is 11.0. The highest BCUT2D eigenvalue weighted by atomic mass is 16.2. The van der Waals surface area contributed by atoms with Gasteiger partial charge in [0.25, 0.3) is 0 Å². The Kier molecular flexibility index (Phi) is 2.49. The van der Waals surface area contributed by atoms with E-state index in [0.29, 0.717) is 5.92 Å². The molecule has 3 nitrogen and oxygen atoms in total. The van der Waals surface area contributed by atoms with Crippen LogP contribution in [-0.2, 0) is 4.79 Å². The van der Waals surface area contributed by atoms with Crippen molar-refractivity contribution in [3.63, 3.8) is 0 Å². The number of carbonyl (C=O) groups is 1. The van der Waals surface area contributed by atoms with E-state index in [4.69, 9.17) is 5.73 Å².